The molecule has 0 bridgehead atoms. The zero-order valence-corrected chi connectivity index (χ0v) is 9.26. The largest absolute Gasteiger partial charge is 0.394 e. The predicted molar refractivity (Wildman–Crippen MR) is 63.0 cm³/mol. The van der Waals surface area contributed by atoms with Gasteiger partial charge < -0.3 is 15.7 Å². The number of nitrogens with one attached hydrogen (secondary N) is 2. The molecule has 3 N–H and O–H groups in total. The van der Waals surface area contributed by atoms with E-state index in [1.54, 1.807) is 0 Å². The lowest BCUT2D eigenvalue weighted by Gasteiger charge is -2.14. The van der Waals surface area contributed by atoms with E-state index in [1.165, 1.54) is 6.92 Å². The maximum atomic E-state index is 11.8. The Morgan fingerprint density at radius 2 is 2.06 bits per heavy atom. The number of hydrogen-bond donors (Lipinski definition) is 3. The van der Waals surface area contributed by atoms with Crippen molar-refractivity contribution < 1.29 is 21.5 Å². The van der Waals surface area contributed by atoms with Crippen molar-refractivity contribution in [1.82, 2.24) is 10.6 Å². The van der Waals surface area contributed by atoms with E-state index in [-0.39, 0.29) is 12.1 Å². The molecule has 1 aromatic carbocycles. The van der Waals surface area contributed by atoms with E-state index in [0.29, 0.717) is 0 Å². The summed E-state index contributed by atoms with van der Waals surface area (Å²) in [5.41, 5.74) is -0.0705. The summed E-state index contributed by atoms with van der Waals surface area (Å²) in [6.45, 7) is 0.252. The lowest BCUT2D eigenvalue weighted by Crippen LogP contribution is -2.48. The molecule has 0 fully saturated rings. The predicted octanol–water partition coefficient (Wildman–Crippen LogP) is -0.200. The van der Waals surface area contributed by atoms with E-state index < -0.39 is 54.7 Å². The zero-order valence-electron chi connectivity index (χ0n) is 14.3. The van der Waals surface area contributed by atoms with E-state index in [0.717, 1.165) is 0 Å². The molecule has 5 heteroatoms. The molecule has 5 nitrogen and oxygen atoms in total. The maximum absolute atomic E-state index is 11.8. The van der Waals surface area contributed by atoms with Gasteiger partial charge in [-0.25, -0.2) is 0 Å². The summed E-state index contributed by atoms with van der Waals surface area (Å²) in [4.78, 5) is 22.7. The number of carbonyl (C=O) groups excluding carboxylic acids is 2. The smallest absolute Gasteiger partial charge is 0.245 e. The number of benzene rings is 1. The highest BCUT2D eigenvalue weighted by Crippen LogP contribution is 1.97. The van der Waals surface area contributed by atoms with Crippen molar-refractivity contribution in [3.05, 3.63) is 35.8 Å². The quantitative estimate of drug-likeness (QED) is 0.668. The first kappa shape index (κ1) is 7.45. The van der Waals surface area contributed by atoms with Crippen LogP contribution in [0.3, 0.4) is 0 Å². The second-order valence-corrected chi connectivity index (χ2v) is 3.26. The topological polar surface area (TPSA) is 78.4 Å². The highest BCUT2D eigenvalue weighted by Gasteiger charge is 2.17. The van der Waals surface area contributed by atoms with Gasteiger partial charge in [-0.2, -0.15) is 0 Å². The summed E-state index contributed by atoms with van der Waals surface area (Å²) in [6, 6.07) is -3.49. The lowest BCUT2D eigenvalue weighted by atomic mass is 10.2. The zero-order chi connectivity index (χ0) is 17.0. The highest BCUT2D eigenvalue weighted by atomic mass is 16.3. The van der Waals surface area contributed by atoms with E-state index in [1.807, 2.05) is 0 Å². The summed E-state index contributed by atoms with van der Waals surface area (Å²) in [5.74, 6) is -1.22. The first-order chi connectivity index (χ1) is 10.2. The van der Waals surface area contributed by atoms with Crippen molar-refractivity contribution in [3.63, 3.8) is 0 Å². The van der Waals surface area contributed by atoms with Crippen LogP contribution in [0.5, 0.6) is 0 Å². The van der Waals surface area contributed by atoms with Gasteiger partial charge in [-0.3, -0.25) is 9.59 Å². The van der Waals surface area contributed by atoms with Gasteiger partial charge >= 0.3 is 0 Å². The van der Waals surface area contributed by atoms with Crippen LogP contribution in [0.4, 0.5) is 0 Å². The first-order valence-electron chi connectivity index (χ1n) is 7.42. The van der Waals surface area contributed by atoms with Gasteiger partial charge in [0.2, 0.25) is 11.8 Å². The minimum absolute atomic E-state index is 0.0705. The van der Waals surface area contributed by atoms with Crippen LogP contribution in [0.2, 0.25) is 0 Å². The van der Waals surface area contributed by atoms with Gasteiger partial charge in [-0.05, 0) is 5.56 Å². The minimum Gasteiger partial charge on any atom is -0.394 e. The van der Waals surface area contributed by atoms with Crippen LogP contribution in [0.25, 0.3) is 0 Å². The molecule has 1 atom stereocenters. The van der Waals surface area contributed by atoms with Crippen LogP contribution in [0.1, 0.15) is 19.3 Å². The molecule has 0 unspecified atom stereocenters. The number of aliphatic hydroxyl groups excluding tert-OH is 1. The molecule has 0 aliphatic carbocycles. The molecule has 1 rings (SSSR count). The minimum atomic E-state index is -1.16. The van der Waals surface area contributed by atoms with Crippen LogP contribution in [0.15, 0.2) is 30.2 Å². The second-order valence-electron chi connectivity index (χ2n) is 3.26. The summed E-state index contributed by atoms with van der Waals surface area (Å²) in [5, 5.41) is 13.6. The van der Waals surface area contributed by atoms with Crippen molar-refractivity contribution in [2.45, 2.75) is 19.5 Å². The molecule has 0 heterocycles. The Bertz CT molecular complexity index is 580. The van der Waals surface area contributed by atoms with Gasteiger partial charge in [0, 0.05) is 13.5 Å². The van der Waals surface area contributed by atoms with Crippen molar-refractivity contribution in [3.8, 4) is 0 Å². The van der Waals surface area contributed by atoms with Gasteiger partial charge in [0.1, 0.15) is 6.04 Å². The van der Waals surface area contributed by atoms with Gasteiger partial charge in [0.05, 0.1) is 13.5 Å². The van der Waals surface area contributed by atoms with Crippen LogP contribution < -0.4 is 10.6 Å². The molecule has 92 valence electrons. The lowest BCUT2D eigenvalue weighted by molar-refractivity contribution is -0.129. The van der Waals surface area contributed by atoms with E-state index in [9.17, 15) is 9.59 Å². The fourth-order valence-corrected chi connectivity index (χ4v) is 1.10. The van der Waals surface area contributed by atoms with Crippen molar-refractivity contribution in [2.24, 2.45) is 0 Å². The summed E-state index contributed by atoms with van der Waals surface area (Å²) in [7, 11) is 0. The Morgan fingerprint density at radius 3 is 2.59 bits per heavy atom. The second kappa shape index (κ2) is 6.65. The molecule has 0 saturated heterocycles. The van der Waals surface area contributed by atoms with Crippen molar-refractivity contribution in [1.29, 1.82) is 0 Å². The number of carbonyl (C=O) groups is 2. The molecular formula is C12H16N2O3. The molecule has 17 heavy (non-hydrogen) atoms. The van der Waals surface area contributed by atoms with Crippen LogP contribution in [-0.4, -0.2) is 29.6 Å². The first-order valence-corrected chi connectivity index (χ1v) is 4.92. The molecule has 2 amide bonds. The molecular weight excluding hydrogens is 220 g/mol. The molecule has 0 aliphatic heterocycles. The number of rotatable bonds is 5. The Morgan fingerprint density at radius 1 is 1.41 bits per heavy atom. The highest BCUT2D eigenvalue weighted by molar-refractivity contribution is 5.86. The van der Waals surface area contributed by atoms with Crippen LogP contribution in [0, 0.1) is 0 Å². The standard InChI is InChI=1S/C12H16N2O3/c1-9(16)14-11(8-15)12(17)13-7-10-5-3-2-4-6-10/h2-6,11,15H,7-8H2,1H3,(H,13,17)(H,14,16)/t11-/m1/s1/i2D,3D,4D,5D,6D. The van der Waals surface area contributed by atoms with Crippen molar-refractivity contribution in [2.75, 3.05) is 6.61 Å². The fraction of sp³-hybridized carbons (Fsp3) is 0.333. The number of hydrogen-bond acceptors (Lipinski definition) is 3. The van der Waals surface area contributed by atoms with E-state index >= 15 is 0 Å². The third-order valence-corrected chi connectivity index (χ3v) is 1.87. The average Bonchev–Trinajstić information content (AvgIpc) is 2.48. The Hall–Kier alpha value is -1.88. The SMILES string of the molecule is [2H]c1c([2H])c([2H])c(CNC(=O)[C@@H](CO)NC(C)=O)c([2H])c1[2H]. The van der Waals surface area contributed by atoms with Gasteiger partial charge in [-0.15, -0.1) is 0 Å². The maximum Gasteiger partial charge on any atom is 0.245 e. The third kappa shape index (κ3) is 4.65. The van der Waals surface area contributed by atoms with E-state index in [2.05, 4.69) is 10.6 Å². The molecule has 0 saturated carbocycles. The Kier molecular flexibility index (Phi) is 2.91. The van der Waals surface area contributed by atoms with Gasteiger partial charge in [-0.1, -0.05) is 30.2 Å². The monoisotopic (exact) mass is 241 g/mol. The number of aliphatic hydroxyl groups is 1. The Balaban J connectivity index is 2.93. The van der Waals surface area contributed by atoms with Crippen molar-refractivity contribution >= 4 is 11.8 Å². The van der Waals surface area contributed by atoms with Gasteiger partial charge in [0.15, 0.2) is 0 Å². The van der Waals surface area contributed by atoms with Crippen LogP contribution >= 0.6 is 0 Å². The summed E-state index contributed by atoms with van der Waals surface area (Å²) >= 11 is 0. The molecule has 0 radical (unpaired) electrons. The fourth-order valence-electron chi connectivity index (χ4n) is 1.10. The normalized spacial score (nSPS) is 15.8. The molecule has 0 aromatic heterocycles. The van der Waals surface area contributed by atoms with Gasteiger partial charge in [0.25, 0.3) is 0 Å². The third-order valence-electron chi connectivity index (χ3n) is 1.87. The molecule has 0 spiro atoms. The molecule has 1 aromatic rings. The van der Waals surface area contributed by atoms with E-state index in [4.69, 9.17) is 12.0 Å². The summed E-state index contributed by atoms with van der Waals surface area (Å²) in [6.07, 6.45) is 0. The Labute approximate surface area is 107 Å². The number of amides is 2. The summed E-state index contributed by atoms with van der Waals surface area (Å²) < 4.78 is 37.9. The van der Waals surface area contributed by atoms with Crippen LogP contribution in [-0.2, 0) is 16.1 Å². The molecule has 0 aliphatic rings. The average molecular weight is 241 g/mol.